The Kier molecular flexibility index (Phi) is 3.99. The Bertz CT molecular complexity index is 522. The number of carboxylic acid groups (broad SMARTS) is 1. The molecule has 0 unspecified atom stereocenters. The second-order valence-electron chi connectivity index (χ2n) is 4.77. The van der Waals surface area contributed by atoms with Gasteiger partial charge in [0.2, 0.25) is 0 Å². The number of Topliss-reactive ketones (excluding diaryl/α,β-unsaturated/α-hetero) is 1. The summed E-state index contributed by atoms with van der Waals surface area (Å²) in [5.41, 5.74) is 0.532. The molecule has 0 saturated heterocycles. The molecule has 5 nitrogen and oxygen atoms in total. The molecule has 1 aliphatic rings. The monoisotopic (exact) mass is 281 g/mol. The molecule has 0 aromatic carbocycles. The van der Waals surface area contributed by atoms with Crippen LogP contribution >= 0.6 is 11.3 Å². The predicted octanol–water partition coefficient (Wildman–Crippen LogP) is 1.93. The van der Waals surface area contributed by atoms with Crippen molar-refractivity contribution in [1.29, 1.82) is 0 Å². The van der Waals surface area contributed by atoms with Crippen molar-refractivity contribution in [3.8, 4) is 0 Å². The largest absolute Gasteiger partial charge is 0.481 e. The van der Waals surface area contributed by atoms with E-state index in [1.54, 1.807) is 11.4 Å². The van der Waals surface area contributed by atoms with Crippen LogP contribution in [0.2, 0.25) is 0 Å². The molecule has 1 amide bonds. The van der Waals surface area contributed by atoms with Crippen LogP contribution in [0.4, 0.5) is 0 Å². The van der Waals surface area contributed by atoms with E-state index in [-0.39, 0.29) is 23.7 Å². The summed E-state index contributed by atoms with van der Waals surface area (Å²) in [5, 5.41) is 13.4. The van der Waals surface area contributed by atoms with Gasteiger partial charge >= 0.3 is 5.97 Å². The van der Waals surface area contributed by atoms with Crippen LogP contribution in [-0.4, -0.2) is 28.8 Å². The van der Waals surface area contributed by atoms with E-state index >= 15 is 0 Å². The highest BCUT2D eigenvalue weighted by atomic mass is 32.1. The van der Waals surface area contributed by atoms with Crippen molar-refractivity contribution in [3.05, 3.63) is 21.9 Å². The Morgan fingerprint density at radius 3 is 2.63 bits per heavy atom. The quantitative estimate of drug-likeness (QED) is 0.826. The minimum absolute atomic E-state index is 0.0675. The van der Waals surface area contributed by atoms with Gasteiger partial charge in [-0.15, -0.1) is 11.3 Å². The number of rotatable bonds is 4. The van der Waals surface area contributed by atoms with Crippen LogP contribution < -0.4 is 5.32 Å². The van der Waals surface area contributed by atoms with Crippen LogP contribution in [0.25, 0.3) is 0 Å². The lowest BCUT2D eigenvalue weighted by Gasteiger charge is -2.11. The normalized spacial score (nSPS) is 22.2. The number of amides is 1. The van der Waals surface area contributed by atoms with Crippen molar-refractivity contribution in [2.24, 2.45) is 5.92 Å². The fraction of sp³-hybridized carbons (Fsp3) is 0.462. The minimum Gasteiger partial charge on any atom is -0.481 e. The average Bonchev–Trinajstić information content (AvgIpc) is 2.96. The van der Waals surface area contributed by atoms with E-state index in [9.17, 15) is 14.4 Å². The van der Waals surface area contributed by atoms with Gasteiger partial charge < -0.3 is 10.4 Å². The van der Waals surface area contributed by atoms with Gasteiger partial charge in [-0.3, -0.25) is 14.4 Å². The SMILES string of the molecule is CC(=O)c1csc(C(=O)N[C@@H]2CC[C@H](C(=O)O)C2)c1. The average molecular weight is 281 g/mol. The number of carbonyl (C=O) groups excluding carboxylic acids is 2. The summed E-state index contributed by atoms with van der Waals surface area (Å²) in [6.07, 6.45) is 1.77. The minimum atomic E-state index is -0.799. The number of thiophene rings is 1. The van der Waals surface area contributed by atoms with Crippen molar-refractivity contribution < 1.29 is 19.5 Å². The van der Waals surface area contributed by atoms with Crippen LogP contribution in [0.3, 0.4) is 0 Å². The van der Waals surface area contributed by atoms with Gasteiger partial charge in [0.1, 0.15) is 0 Å². The lowest BCUT2D eigenvalue weighted by molar-refractivity contribution is -0.141. The highest BCUT2D eigenvalue weighted by molar-refractivity contribution is 7.12. The van der Waals surface area contributed by atoms with E-state index in [0.717, 1.165) is 0 Å². The molecular formula is C13H15NO4S. The van der Waals surface area contributed by atoms with Gasteiger partial charge in [-0.1, -0.05) is 0 Å². The van der Waals surface area contributed by atoms with E-state index in [1.165, 1.54) is 18.3 Å². The molecule has 2 N–H and O–H groups in total. The molecule has 1 aromatic heterocycles. The molecule has 1 saturated carbocycles. The molecule has 0 bridgehead atoms. The van der Waals surface area contributed by atoms with Crippen molar-refractivity contribution in [2.45, 2.75) is 32.2 Å². The first-order chi connectivity index (χ1) is 8.97. The Morgan fingerprint density at radius 1 is 1.37 bits per heavy atom. The van der Waals surface area contributed by atoms with Gasteiger partial charge in [-0.05, 0) is 32.3 Å². The Morgan fingerprint density at radius 2 is 2.11 bits per heavy atom. The summed E-state index contributed by atoms with van der Waals surface area (Å²) < 4.78 is 0. The first kappa shape index (κ1) is 13.7. The third-order valence-electron chi connectivity index (χ3n) is 3.35. The van der Waals surface area contributed by atoms with Crippen molar-refractivity contribution in [1.82, 2.24) is 5.32 Å². The topological polar surface area (TPSA) is 83.5 Å². The Balaban J connectivity index is 1.94. The number of aliphatic carboxylic acids is 1. The third kappa shape index (κ3) is 3.20. The highest BCUT2D eigenvalue weighted by Gasteiger charge is 2.30. The number of nitrogens with one attached hydrogen (secondary N) is 1. The second-order valence-corrected chi connectivity index (χ2v) is 5.69. The number of carbonyl (C=O) groups is 3. The summed E-state index contributed by atoms with van der Waals surface area (Å²) in [6.45, 7) is 1.46. The lowest BCUT2D eigenvalue weighted by Crippen LogP contribution is -2.32. The fourth-order valence-electron chi connectivity index (χ4n) is 2.23. The molecule has 6 heteroatoms. The molecule has 2 atom stereocenters. The van der Waals surface area contributed by atoms with Gasteiger partial charge in [-0.2, -0.15) is 0 Å². The maximum absolute atomic E-state index is 12.0. The molecule has 19 heavy (non-hydrogen) atoms. The fourth-order valence-corrected chi connectivity index (χ4v) is 3.08. The molecule has 1 heterocycles. The van der Waals surface area contributed by atoms with Crippen LogP contribution in [-0.2, 0) is 4.79 Å². The van der Waals surface area contributed by atoms with E-state index in [0.29, 0.717) is 29.7 Å². The molecule has 1 aliphatic carbocycles. The maximum Gasteiger partial charge on any atom is 0.306 e. The number of carboxylic acids is 1. The van der Waals surface area contributed by atoms with Gasteiger partial charge in [0.05, 0.1) is 10.8 Å². The molecule has 1 fully saturated rings. The Hall–Kier alpha value is -1.69. The van der Waals surface area contributed by atoms with E-state index < -0.39 is 5.97 Å². The maximum atomic E-state index is 12.0. The van der Waals surface area contributed by atoms with E-state index in [2.05, 4.69) is 5.32 Å². The number of ketones is 1. The zero-order chi connectivity index (χ0) is 14.0. The van der Waals surface area contributed by atoms with Crippen LogP contribution in [0.15, 0.2) is 11.4 Å². The first-order valence-electron chi connectivity index (χ1n) is 6.10. The summed E-state index contributed by atoms with van der Waals surface area (Å²) in [4.78, 5) is 34.4. The standard InChI is InChI=1S/C13H15NO4S/c1-7(15)9-5-11(19-6-9)12(16)14-10-3-2-8(4-10)13(17)18/h5-6,8,10H,2-4H2,1H3,(H,14,16)(H,17,18)/t8-,10+/m0/s1. The molecule has 102 valence electrons. The third-order valence-corrected chi connectivity index (χ3v) is 4.28. The smallest absolute Gasteiger partial charge is 0.306 e. The van der Waals surface area contributed by atoms with Crippen LogP contribution in [0, 0.1) is 5.92 Å². The number of hydrogen-bond donors (Lipinski definition) is 2. The van der Waals surface area contributed by atoms with Gasteiger partial charge in [-0.25, -0.2) is 0 Å². The molecule has 0 aliphatic heterocycles. The summed E-state index contributed by atoms with van der Waals surface area (Å²) in [7, 11) is 0. The van der Waals surface area contributed by atoms with Crippen LogP contribution in [0.5, 0.6) is 0 Å². The van der Waals surface area contributed by atoms with Crippen LogP contribution in [0.1, 0.15) is 46.2 Å². The van der Waals surface area contributed by atoms with E-state index in [1.807, 2.05) is 0 Å². The summed E-state index contributed by atoms with van der Waals surface area (Å²) in [6, 6.07) is 1.49. The van der Waals surface area contributed by atoms with Gasteiger partial charge in [0, 0.05) is 17.0 Å². The van der Waals surface area contributed by atoms with Gasteiger partial charge in [0.15, 0.2) is 5.78 Å². The van der Waals surface area contributed by atoms with Crippen molar-refractivity contribution in [3.63, 3.8) is 0 Å². The second kappa shape index (κ2) is 5.52. The molecule has 0 radical (unpaired) electrons. The Labute approximate surface area is 114 Å². The zero-order valence-electron chi connectivity index (χ0n) is 10.5. The van der Waals surface area contributed by atoms with Crippen molar-refractivity contribution >= 4 is 29.0 Å². The molecule has 0 spiro atoms. The van der Waals surface area contributed by atoms with Crippen molar-refractivity contribution in [2.75, 3.05) is 0 Å². The predicted molar refractivity (Wildman–Crippen MR) is 70.6 cm³/mol. The summed E-state index contributed by atoms with van der Waals surface area (Å²) >= 11 is 1.23. The first-order valence-corrected chi connectivity index (χ1v) is 6.98. The van der Waals surface area contributed by atoms with E-state index in [4.69, 9.17) is 5.11 Å². The number of hydrogen-bond acceptors (Lipinski definition) is 4. The lowest BCUT2D eigenvalue weighted by atomic mass is 10.1. The molecule has 1 aromatic rings. The molecular weight excluding hydrogens is 266 g/mol. The zero-order valence-corrected chi connectivity index (χ0v) is 11.3. The molecule has 2 rings (SSSR count). The highest BCUT2D eigenvalue weighted by Crippen LogP contribution is 2.26. The summed E-state index contributed by atoms with van der Waals surface area (Å²) in [5.74, 6) is -1.45. The van der Waals surface area contributed by atoms with Gasteiger partial charge in [0.25, 0.3) is 5.91 Å².